The number of rotatable bonds is 8. The van der Waals surface area contributed by atoms with Crippen molar-refractivity contribution in [3.8, 4) is 0 Å². The molecule has 0 radical (unpaired) electrons. The van der Waals surface area contributed by atoms with Gasteiger partial charge in [0.1, 0.15) is 10.6 Å². The average Bonchev–Trinajstić information content (AvgIpc) is 2.75. The zero-order valence-electron chi connectivity index (χ0n) is 12.3. The van der Waals surface area contributed by atoms with Crippen LogP contribution in [0.2, 0.25) is 0 Å². The van der Waals surface area contributed by atoms with E-state index >= 15 is 0 Å². The standard InChI is InChI=1S/C13H24N4O2S/c1-9(2)15-12(19)10-11(14)16-20-13(10)17(3)7-5-4-6-8-18/h9,18H,4-8H2,1-3H3,(H2,14,16)(H,15,19). The van der Waals surface area contributed by atoms with E-state index in [0.29, 0.717) is 5.56 Å². The van der Waals surface area contributed by atoms with Crippen LogP contribution >= 0.6 is 11.5 Å². The lowest BCUT2D eigenvalue weighted by molar-refractivity contribution is 0.0945. The third kappa shape index (κ3) is 4.64. The molecule has 114 valence electrons. The van der Waals surface area contributed by atoms with Crippen LogP contribution in [0, 0.1) is 0 Å². The molecule has 0 saturated heterocycles. The summed E-state index contributed by atoms with van der Waals surface area (Å²) in [6.07, 6.45) is 2.72. The zero-order chi connectivity index (χ0) is 15.1. The second-order valence-electron chi connectivity index (χ2n) is 5.08. The summed E-state index contributed by atoms with van der Waals surface area (Å²) < 4.78 is 4.09. The van der Waals surface area contributed by atoms with Crippen LogP contribution in [0.25, 0.3) is 0 Å². The van der Waals surface area contributed by atoms with Crippen molar-refractivity contribution in [2.24, 2.45) is 0 Å². The van der Waals surface area contributed by atoms with Gasteiger partial charge in [0.05, 0.1) is 0 Å². The fourth-order valence-corrected chi connectivity index (χ4v) is 2.64. The Morgan fingerprint density at radius 3 is 2.75 bits per heavy atom. The summed E-state index contributed by atoms with van der Waals surface area (Å²) in [4.78, 5) is 14.2. The third-order valence-electron chi connectivity index (χ3n) is 2.85. The molecule has 0 atom stereocenters. The van der Waals surface area contributed by atoms with Gasteiger partial charge in [-0.05, 0) is 44.6 Å². The number of carbonyl (C=O) groups excluding carboxylic acids is 1. The van der Waals surface area contributed by atoms with Crippen molar-refractivity contribution in [2.75, 3.05) is 30.8 Å². The minimum Gasteiger partial charge on any atom is -0.396 e. The van der Waals surface area contributed by atoms with Gasteiger partial charge in [-0.15, -0.1) is 0 Å². The number of hydrogen-bond acceptors (Lipinski definition) is 6. The van der Waals surface area contributed by atoms with Crippen LogP contribution in [-0.4, -0.2) is 41.6 Å². The van der Waals surface area contributed by atoms with Gasteiger partial charge in [-0.1, -0.05) is 0 Å². The molecule has 7 heteroatoms. The number of aliphatic hydroxyl groups is 1. The van der Waals surface area contributed by atoms with Gasteiger partial charge in [-0.2, -0.15) is 4.37 Å². The summed E-state index contributed by atoms with van der Waals surface area (Å²) in [5, 5.41) is 12.4. The smallest absolute Gasteiger partial charge is 0.258 e. The van der Waals surface area contributed by atoms with E-state index in [0.717, 1.165) is 30.8 Å². The molecule has 1 heterocycles. The maximum absolute atomic E-state index is 12.2. The Bertz CT molecular complexity index is 434. The molecule has 20 heavy (non-hydrogen) atoms. The van der Waals surface area contributed by atoms with Crippen molar-refractivity contribution in [2.45, 2.75) is 39.2 Å². The Labute approximate surface area is 124 Å². The highest BCUT2D eigenvalue weighted by molar-refractivity contribution is 7.11. The molecule has 0 aliphatic rings. The number of nitrogen functional groups attached to an aromatic ring is 1. The molecular weight excluding hydrogens is 276 g/mol. The summed E-state index contributed by atoms with van der Waals surface area (Å²) in [7, 11) is 1.93. The van der Waals surface area contributed by atoms with Crippen molar-refractivity contribution in [1.82, 2.24) is 9.69 Å². The number of nitrogens with zero attached hydrogens (tertiary/aromatic N) is 2. The van der Waals surface area contributed by atoms with Gasteiger partial charge in [0.15, 0.2) is 5.82 Å². The number of nitrogens with two attached hydrogens (primary N) is 1. The third-order valence-corrected chi connectivity index (χ3v) is 3.82. The predicted molar refractivity (Wildman–Crippen MR) is 83.3 cm³/mol. The summed E-state index contributed by atoms with van der Waals surface area (Å²) in [6.45, 7) is 4.85. The van der Waals surface area contributed by atoms with Gasteiger partial charge in [-0.3, -0.25) is 4.79 Å². The molecule has 4 N–H and O–H groups in total. The summed E-state index contributed by atoms with van der Waals surface area (Å²) in [6, 6.07) is 0.0597. The molecule has 0 unspecified atom stereocenters. The predicted octanol–water partition coefficient (Wildman–Crippen LogP) is 1.46. The Morgan fingerprint density at radius 1 is 1.45 bits per heavy atom. The van der Waals surface area contributed by atoms with Crippen LogP contribution in [0.5, 0.6) is 0 Å². The fourth-order valence-electron chi connectivity index (χ4n) is 1.84. The van der Waals surface area contributed by atoms with E-state index in [4.69, 9.17) is 10.8 Å². The first kappa shape index (κ1) is 16.7. The van der Waals surface area contributed by atoms with E-state index in [1.54, 1.807) is 0 Å². The summed E-state index contributed by atoms with van der Waals surface area (Å²) in [5.74, 6) is 0.105. The van der Waals surface area contributed by atoms with Crippen molar-refractivity contribution in [3.05, 3.63) is 5.56 Å². The van der Waals surface area contributed by atoms with Gasteiger partial charge >= 0.3 is 0 Å². The molecule has 1 aromatic heterocycles. The first-order chi connectivity index (χ1) is 9.47. The zero-order valence-corrected chi connectivity index (χ0v) is 13.2. The highest BCUT2D eigenvalue weighted by atomic mass is 32.1. The van der Waals surface area contributed by atoms with Crippen molar-refractivity contribution >= 4 is 28.3 Å². The topological polar surface area (TPSA) is 91.5 Å². The van der Waals surface area contributed by atoms with E-state index in [1.165, 1.54) is 11.5 Å². The van der Waals surface area contributed by atoms with Crippen LogP contribution in [-0.2, 0) is 0 Å². The molecule has 0 aromatic carbocycles. The molecule has 1 aromatic rings. The lowest BCUT2D eigenvalue weighted by Gasteiger charge is -2.18. The van der Waals surface area contributed by atoms with Gasteiger partial charge in [0, 0.05) is 26.2 Å². The molecule has 0 spiro atoms. The number of amides is 1. The van der Waals surface area contributed by atoms with Crippen LogP contribution in [0.1, 0.15) is 43.5 Å². The van der Waals surface area contributed by atoms with E-state index in [1.807, 2.05) is 25.8 Å². The van der Waals surface area contributed by atoms with E-state index in [-0.39, 0.29) is 24.4 Å². The maximum Gasteiger partial charge on any atom is 0.258 e. The molecular formula is C13H24N4O2S. The molecule has 1 rings (SSSR count). The van der Waals surface area contributed by atoms with E-state index in [9.17, 15) is 4.79 Å². The molecule has 1 amide bonds. The lowest BCUT2D eigenvalue weighted by atomic mass is 10.2. The molecule has 0 bridgehead atoms. The number of hydrogen-bond donors (Lipinski definition) is 3. The molecule has 0 fully saturated rings. The quantitative estimate of drug-likeness (QED) is 0.632. The number of nitrogens with one attached hydrogen (secondary N) is 1. The van der Waals surface area contributed by atoms with E-state index < -0.39 is 0 Å². The second-order valence-corrected chi connectivity index (χ2v) is 5.83. The van der Waals surface area contributed by atoms with Crippen LogP contribution in [0.15, 0.2) is 0 Å². The van der Waals surface area contributed by atoms with Crippen molar-refractivity contribution in [1.29, 1.82) is 0 Å². The van der Waals surface area contributed by atoms with Gasteiger partial charge < -0.3 is 21.1 Å². The van der Waals surface area contributed by atoms with Crippen molar-refractivity contribution < 1.29 is 9.90 Å². The minimum atomic E-state index is -0.177. The highest BCUT2D eigenvalue weighted by Gasteiger charge is 2.22. The normalized spacial score (nSPS) is 10.8. The Hall–Kier alpha value is -1.34. The first-order valence-electron chi connectivity index (χ1n) is 6.85. The SMILES string of the molecule is CC(C)NC(=O)c1c(N)nsc1N(C)CCCCCO. The molecule has 0 aliphatic carbocycles. The minimum absolute atomic E-state index is 0.0597. The first-order valence-corrected chi connectivity index (χ1v) is 7.62. The molecule has 0 saturated carbocycles. The van der Waals surface area contributed by atoms with Gasteiger partial charge in [0.2, 0.25) is 0 Å². The number of aliphatic hydroxyl groups excluding tert-OH is 1. The van der Waals surface area contributed by atoms with Crippen LogP contribution in [0.3, 0.4) is 0 Å². The summed E-state index contributed by atoms with van der Waals surface area (Å²) in [5.41, 5.74) is 6.28. The monoisotopic (exact) mass is 300 g/mol. The lowest BCUT2D eigenvalue weighted by Crippen LogP contribution is -2.32. The number of aromatic nitrogens is 1. The number of anilines is 2. The highest BCUT2D eigenvalue weighted by Crippen LogP contribution is 2.30. The Balaban J connectivity index is 2.72. The Kier molecular flexibility index (Phi) is 6.74. The fraction of sp³-hybridized carbons (Fsp3) is 0.692. The van der Waals surface area contributed by atoms with Gasteiger partial charge in [0.25, 0.3) is 5.91 Å². The van der Waals surface area contributed by atoms with E-state index in [2.05, 4.69) is 9.69 Å². The average molecular weight is 300 g/mol. The second kappa shape index (κ2) is 8.06. The summed E-state index contributed by atoms with van der Waals surface area (Å²) >= 11 is 1.24. The van der Waals surface area contributed by atoms with Crippen LogP contribution in [0.4, 0.5) is 10.8 Å². The largest absolute Gasteiger partial charge is 0.396 e. The van der Waals surface area contributed by atoms with Gasteiger partial charge in [-0.25, -0.2) is 0 Å². The van der Waals surface area contributed by atoms with Crippen molar-refractivity contribution in [3.63, 3.8) is 0 Å². The van der Waals surface area contributed by atoms with Crippen LogP contribution < -0.4 is 16.0 Å². The molecule has 6 nitrogen and oxygen atoms in total. The molecule has 0 aliphatic heterocycles. The number of carbonyl (C=O) groups is 1. The maximum atomic E-state index is 12.2. The number of unbranched alkanes of at least 4 members (excludes halogenated alkanes) is 2. The Morgan fingerprint density at radius 2 is 2.15 bits per heavy atom.